The van der Waals surface area contributed by atoms with Crippen LogP contribution >= 0.6 is 0 Å². The molecule has 0 bridgehead atoms. The van der Waals surface area contributed by atoms with Crippen molar-refractivity contribution in [3.05, 3.63) is 11.6 Å². The number of hydrogen-bond donors (Lipinski definition) is 1. The number of hydrogen-bond acceptors (Lipinski definition) is 5. The summed E-state index contributed by atoms with van der Waals surface area (Å²) in [6.45, 7) is 3.36. The van der Waals surface area contributed by atoms with Gasteiger partial charge < -0.3 is 9.84 Å². The van der Waals surface area contributed by atoms with Crippen LogP contribution in [0.5, 0.6) is 0 Å². The van der Waals surface area contributed by atoms with Crippen LogP contribution in [0.15, 0.2) is 11.6 Å². The molecule has 0 aliphatic carbocycles. The van der Waals surface area contributed by atoms with Crippen LogP contribution in [-0.4, -0.2) is 29.6 Å². The lowest BCUT2D eigenvalue weighted by molar-refractivity contribution is -0.141. The lowest BCUT2D eigenvalue weighted by Crippen LogP contribution is -2.24. The fourth-order valence-electron chi connectivity index (χ4n) is 0.907. The number of ketones is 1. The van der Waals surface area contributed by atoms with E-state index >= 15 is 0 Å². The van der Waals surface area contributed by atoms with Gasteiger partial charge in [0.2, 0.25) is 0 Å². The number of unbranched alkanes of at least 4 members (excludes halogenated alkanes) is 1. The van der Waals surface area contributed by atoms with Crippen LogP contribution in [0.2, 0.25) is 0 Å². The zero-order valence-corrected chi connectivity index (χ0v) is 9.40. The smallest absolute Gasteiger partial charge is 0.342 e. The highest BCUT2D eigenvalue weighted by Gasteiger charge is 2.23. The highest BCUT2D eigenvalue weighted by molar-refractivity contribution is 6.19. The Morgan fingerprint density at radius 3 is 2.62 bits per heavy atom. The fourth-order valence-corrected chi connectivity index (χ4v) is 0.907. The normalized spacial score (nSPS) is 12.8. The van der Waals surface area contributed by atoms with Gasteiger partial charge in [0.05, 0.1) is 12.7 Å². The molecule has 5 heteroatoms. The molecule has 0 saturated carbocycles. The van der Waals surface area contributed by atoms with Gasteiger partial charge in [-0.15, -0.1) is 0 Å². The van der Waals surface area contributed by atoms with Crippen molar-refractivity contribution in [2.45, 2.75) is 32.8 Å². The maximum atomic E-state index is 11.4. The third-order valence-corrected chi connectivity index (χ3v) is 1.80. The molecule has 0 aliphatic heterocycles. The Morgan fingerprint density at radius 2 is 2.19 bits per heavy atom. The van der Waals surface area contributed by atoms with Crippen LogP contribution in [0.1, 0.15) is 26.7 Å². The van der Waals surface area contributed by atoms with E-state index in [9.17, 15) is 9.59 Å². The van der Waals surface area contributed by atoms with Crippen molar-refractivity contribution in [2.24, 2.45) is 0 Å². The maximum Gasteiger partial charge on any atom is 0.342 e. The second kappa shape index (κ2) is 7.60. The number of Topliss-reactive ketones (excluding diaryl/α,β-unsaturated/α-hetero) is 1. The monoisotopic (exact) mass is 225 g/mol. The molecule has 0 aromatic rings. The minimum atomic E-state index is -1.32. The number of aliphatic hydroxyl groups is 1. The Bertz CT molecular complexity index is 325. The Balaban J connectivity index is 4.57. The van der Waals surface area contributed by atoms with Crippen LogP contribution in [0.4, 0.5) is 0 Å². The molecule has 0 fully saturated rings. The molecule has 0 amide bonds. The first-order valence-electron chi connectivity index (χ1n) is 5.03. The molecular formula is C11H15NO4. The first-order valence-corrected chi connectivity index (χ1v) is 5.03. The SMILES string of the molecule is CCCCOC(=O)/C(=C\C#N)C(=O)C(C)O. The lowest BCUT2D eigenvalue weighted by atomic mass is 10.1. The van der Waals surface area contributed by atoms with Crippen molar-refractivity contribution >= 4 is 11.8 Å². The van der Waals surface area contributed by atoms with Gasteiger partial charge in [0.25, 0.3) is 0 Å². The minimum Gasteiger partial charge on any atom is -0.462 e. The Kier molecular flexibility index (Phi) is 6.81. The summed E-state index contributed by atoms with van der Waals surface area (Å²) in [5, 5.41) is 17.5. The van der Waals surface area contributed by atoms with Gasteiger partial charge in [-0.05, 0) is 13.3 Å². The first kappa shape index (κ1) is 14.3. The van der Waals surface area contributed by atoms with E-state index in [4.69, 9.17) is 15.1 Å². The summed E-state index contributed by atoms with van der Waals surface area (Å²) < 4.78 is 4.78. The topological polar surface area (TPSA) is 87.4 Å². The van der Waals surface area contributed by atoms with Crippen molar-refractivity contribution < 1.29 is 19.4 Å². The molecule has 0 heterocycles. The van der Waals surface area contributed by atoms with Gasteiger partial charge in [-0.25, -0.2) is 4.79 Å². The van der Waals surface area contributed by atoms with E-state index in [1.54, 1.807) is 6.07 Å². The van der Waals surface area contributed by atoms with Crippen molar-refractivity contribution in [3.63, 3.8) is 0 Å². The third-order valence-electron chi connectivity index (χ3n) is 1.80. The number of ether oxygens (including phenoxy) is 1. The van der Waals surface area contributed by atoms with Crippen LogP contribution in [-0.2, 0) is 14.3 Å². The van der Waals surface area contributed by atoms with Gasteiger partial charge in [-0.3, -0.25) is 4.79 Å². The summed E-state index contributed by atoms with van der Waals surface area (Å²) in [7, 11) is 0. The molecule has 1 N–H and O–H groups in total. The summed E-state index contributed by atoms with van der Waals surface area (Å²) in [6.07, 6.45) is 1.02. The average molecular weight is 225 g/mol. The van der Waals surface area contributed by atoms with E-state index in [2.05, 4.69) is 0 Å². The summed E-state index contributed by atoms with van der Waals surface area (Å²) in [6, 6.07) is 1.58. The quantitative estimate of drug-likeness (QED) is 0.180. The molecule has 1 unspecified atom stereocenters. The lowest BCUT2D eigenvalue weighted by Gasteiger charge is -2.07. The number of aliphatic hydroxyl groups excluding tert-OH is 1. The fraction of sp³-hybridized carbons (Fsp3) is 0.545. The molecule has 0 spiro atoms. The summed E-state index contributed by atoms with van der Waals surface area (Å²) in [5.41, 5.74) is -0.409. The van der Waals surface area contributed by atoms with E-state index < -0.39 is 23.4 Å². The largest absolute Gasteiger partial charge is 0.462 e. The van der Waals surface area contributed by atoms with Crippen molar-refractivity contribution in [1.29, 1.82) is 5.26 Å². The van der Waals surface area contributed by atoms with Gasteiger partial charge >= 0.3 is 5.97 Å². The number of rotatable bonds is 6. The number of nitrogens with zero attached hydrogens (tertiary/aromatic N) is 1. The van der Waals surface area contributed by atoms with Crippen molar-refractivity contribution in [3.8, 4) is 6.07 Å². The highest BCUT2D eigenvalue weighted by atomic mass is 16.5. The first-order chi connectivity index (χ1) is 7.54. The highest BCUT2D eigenvalue weighted by Crippen LogP contribution is 2.04. The molecule has 88 valence electrons. The second-order valence-electron chi connectivity index (χ2n) is 3.22. The average Bonchev–Trinajstić information content (AvgIpc) is 2.25. The zero-order valence-electron chi connectivity index (χ0n) is 9.40. The minimum absolute atomic E-state index is 0.200. The second-order valence-corrected chi connectivity index (χ2v) is 3.22. The molecule has 5 nitrogen and oxygen atoms in total. The molecule has 0 aromatic carbocycles. The van der Waals surface area contributed by atoms with E-state index in [1.165, 1.54) is 6.92 Å². The standard InChI is InChI=1S/C11H15NO4/c1-3-4-7-16-11(15)9(5-6-12)10(14)8(2)13/h5,8,13H,3-4,7H2,1-2H3/b9-5-. The predicted molar refractivity (Wildman–Crippen MR) is 56.3 cm³/mol. The molecule has 0 aliphatic rings. The third kappa shape index (κ3) is 4.71. The summed E-state index contributed by atoms with van der Waals surface area (Å²) in [4.78, 5) is 22.7. The zero-order chi connectivity index (χ0) is 12.6. The van der Waals surface area contributed by atoms with E-state index in [0.29, 0.717) is 6.42 Å². The summed E-state index contributed by atoms with van der Waals surface area (Å²) >= 11 is 0. The number of esters is 1. The number of carbonyl (C=O) groups is 2. The van der Waals surface area contributed by atoms with Crippen LogP contribution in [0.3, 0.4) is 0 Å². The van der Waals surface area contributed by atoms with Gasteiger partial charge in [-0.2, -0.15) is 5.26 Å². The predicted octanol–water partition coefficient (Wildman–Crippen LogP) is 0.730. The van der Waals surface area contributed by atoms with Gasteiger partial charge in [0.15, 0.2) is 5.78 Å². The van der Waals surface area contributed by atoms with Gasteiger partial charge in [0, 0.05) is 6.08 Å². The molecule has 0 radical (unpaired) electrons. The number of carbonyl (C=O) groups excluding carboxylic acids is 2. The van der Waals surface area contributed by atoms with E-state index in [1.807, 2.05) is 6.92 Å². The van der Waals surface area contributed by atoms with Crippen molar-refractivity contribution in [2.75, 3.05) is 6.61 Å². The molecule has 0 saturated heterocycles. The Hall–Kier alpha value is -1.67. The Labute approximate surface area is 94.3 Å². The van der Waals surface area contributed by atoms with Gasteiger partial charge in [-0.1, -0.05) is 13.3 Å². The molecular weight excluding hydrogens is 210 g/mol. The molecule has 1 atom stereocenters. The number of allylic oxidation sites excluding steroid dienone is 1. The van der Waals surface area contributed by atoms with Crippen LogP contribution in [0.25, 0.3) is 0 Å². The number of nitriles is 1. The molecule has 16 heavy (non-hydrogen) atoms. The summed E-state index contributed by atoms with van der Waals surface area (Å²) in [5.74, 6) is -1.66. The Morgan fingerprint density at radius 1 is 1.56 bits per heavy atom. The van der Waals surface area contributed by atoms with E-state index in [-0.39, 0.29) is 6.61 Å². The molecule has 0 rings (SSSR count). The molecule has 0 aromatic heterocycles. The van der Waals surface area contributed by atoms with Gasteiger partial charge in [0.1, 0.15) is 11.7 Å². The van der Waals surface area contributed by atoms with E-state index in [0.717, 1.165) is 12.5 Å². The van der Waals surface area contributed by atoms with Crippen LogP contribution < -0.4 is 0 Å². The van der Waals surface area contributed by atoms with Crippen molar-refractivity contribution in [1.82, 2.24) is 0 Å². The maximum absolute atomic E-state index is 11.4. The van der Waals surface area contributed by atoms with Crippen LogP contribution in [0, 0.1) is 11.3 Å².